The van der Waals surface area contributed by atoms with Crippen LogP contribution in [0.5, 0.6) is 11.5 Å². The molecule has 156 valence electrons. The van der Waals surface area contributed by atoms with Crippen LogP contribution in [0.15, 0.2) is 47.6 Å². The molecule has 7 heteroatoms. The summed E-state index contributed by atoms with van der Waals surface area (Å²) in [5.41, 5.74) is 4.17. The van der Waals surface area contributed by atoms with Crippen LogP contribution in [0, 0.1) is 6.92 Å². The van der Waals surface area contributed by atoms with Gasteiger partial charge in [0.05, 0.1) is 31.5 Å². The number of nitrogens with zero attached hydrogens (tertiary/aromatic N) is 3. The fourth-order valence-electron chi connectivity index (χ4n) is 4.06. The van der Waals surface area contributed by atoms with Gasteiger partial charge in [0.1, 0.15) is 0 Å². The van der Waals surface area contributed by atoms with E-state index >= 15 is 0 Å². The number of carbonyl (C=O) groups is 1. The van der Waals surface area contributed by atoms with Crippen LogP contribution in [-0.2, 0) is 9.53 Å². The molecule has 5 rings (SSSR count). The predicted octanol–water partition coefficient (Wildman–Crippen LogP) is 2.73. The zero-order valence-electron chi connectivity index (χ0n) is 17.0. The molecule has 0 aliphatic carbocycles. The third kappa shape index (κ3) is 3.78. The molecule has 30 heavy (non-hydrogen) atoms. The average molecular weight is 407 g/mol. The van der Waals surface area contributed by atoms with Gasteiger partial charge in [-0.15, -0.1) is 0 Å². The van der Waals surface area contributed by atoms with Crippen LogP contribution < -0.4 is 9.47 Å². The summed E-state index contributed by atoms with van der Waals surface area (Å²) >= 11 is 0. The highest BCUT2D eigenvalue weighted by atomic mass is 16.7. The number of ether oxygens (including phenoxy) is 3. The summed E-state index contributed by atoms with van der Waals surface area (Å²) in [6.07, 6.45) is 0.664. The summed E-state index contributed by atoms with van der Waals surface area (Å²) in [6, 6.07) is 14.0. The molecule has 3 aliphatic rings. The highest BCUT2D eigenvalue weighted by Crippen LogP contribution is 2.39. The summed E-state index contributed by atoms with van der Waals surface area (Å²) in [4.78, 5) is 15.4. The molecular formula is C23H25N3O4. The molecule has 0 aromatic heterocycles. The van der Waals surface area contributed by atoms with E-state index in [1.165, 1.54) is 5.56 Å². The first-order valence-electron chi connectivity index (χ1n) is 10.3. The third-order valence-electron chi connectivity index (χ3n) is 5.79. The lowest BCUT2D eigenvalue weighted by Crippen LogP contribution is -2.43. The van der Waals surface area contributed by atoms with Crippen LogP contribution in [-0.4, -0.2) is 61.2 Å². The van der Waals surface area contributed by atoms with Gasteiger partial charge in [-0.2, -0.15) is 5.10 Å². The number of fused-ring (bicyclic) bond motifs is 1. The van der Waals surface area contributed by atoms with Gasteiger partial charge in [-0.05, 0) is 30.2 Å². The SMILES string of the molecule is Cc1ccc(C2=NN(C(=O)CN3CCOCC3)[C@H](c3ccc4c(c3)OCO4)C2)cc1. The van der Waals surface area contributed by atoms with Crippen LogP contribution >= 0.6 is 0 Å². The van der Waals surface area contributed by atoms with E-state index in [9.17, 15) is 4.79 Å². The molecule has 1 saturated heterocycles. The Balaban J connectivity index is 1.43. The summed E-state index contributed by atoms with van der Waals surface area (Å²) in [6.45, 7) is 5.50. The van der Waals surface area contributed by atoms with E-state index in [0.717, 1.165) is 41.4 Å². The summed E-state index contributed by atoms with van der Waals surface area (Å²) < 4.78 is 16.4. The van der Waals surface area contributed by atoms with Gasteiger partial charge in [-0.1, -0.05) is 35.9 Å². The van der Waals surface area contributed by atoms with Gasteiger partial charge in [0.25, 0.3) is 5.91 Å². The molecule has 0 N–H and O–H groups in total. The van der Waals surface area contributed by atoms with Crippen LogP contribution in [0.2, 0.25) is 0 Å². The minimum atomic E-state index is -0.163. The first-order valence-corrected chi connectivity index (χ1v) is 10.3. The Morgan fingerprint density at radius 2 is 1.83 bits per heavy atom. The first-order chi connectivity index (χ1) is 14.7. The number of aryl methyl sites for hydroxylation is 1. The van der Waals surface area contributed by atoms with Gasteiger partial charge < -0.3 is 14.2 Å². The van der Waals surface area contributed by atoms with Gasteiger partial charge in [-0.3, -0.25) is 9.69 Å². The van der Waals surface area contributed by atoms with Crippen molar-refractivity contribution in [2.45, 2.75) is 19.4 Å². The normalized spacial score (nSPS) is 21.0. The van der Waals surface area contributed by atoms with E-state index in [1.807, 2.05) is 18.2 Å². The van der Waals surface area contributed by atoms with E-state index in [-0.39, 0.29) is 18.7 Å². The van der Waals surface area contributed by atoms with Crippen molar-refractivity contribution in [3.63, 3.8) is 0 Å². The summed E-state index contributed by atoms with van der Waals surface area (Å²) in [5, 5.41) is 6.43. The molecule has 1 fully saturated rings. The van der Waals surface area contributed by atoms with Crippen molar-refractivity contribution >= 4 is 11.6 Å². The van der Waals surface area contributed by atoms with E-state index in [1.54, 1.807) is 5.01 Å². The van der Waals surface area contributed by atoms with Crippen molar-refractivity contribution in [2.24, 2.45) is 5.10 Å². The standard InChI is InChI=1S/C23H25N3O4/c1-16-2-4-17(5-3-16)19-13-20(18-6-7-21-22(12-18)30-15-29-21)26(24-19)23(27)14-25-8-10-28-11-9-25/h2-7,12,20H,8-11,13-15H2,1H3/t20-/m0/s1. The van der Waals surface area contributed by atoms with Crippen LogP contribution in [0.25, 0.3) is 0 Å². The molecular weight excluding hydrogens is 382 g/mol. The maximum Gasteiger partial charge on any atom is 0.257 e. The molecule has 1 amide bonds. The van der Waals surface area contributed by atoms with Gasteiger partial charge in [-0.25, -0.2) is 5.01 Å². The third-order valence-corrected chi connectivity index (χ3v) is 5.79. The monoisotopic (exact) mass is 407 g/mol. The fourth-order valence-corrected chi connectivity index (χ4v) is 4.06. The lowest BCUT2D eigenvalue weighted by Gasteiger charge is -2.29. The second-order valence-corrected chi connectivity index (χ2v) is 7.87. The summed E-state index contributed by atoms with van der Waals surface area (Å²) in [7, 11) is 0. The molecule has 2 aromatic rings. The molecule has 1 atom stereocenters. The molecule has 0 unspecified atom stereocenters. The lowest BCUT2D eigenvalue weighted by atomic mass is 9.97. The number of amides is 1. The molecule has 0 spiro atoms. The predicted molar refractivity (Wildman–Crippen MR) is 112 cm³/mol. The Kier molecular flexibility index (Phi) is 5.14. The zero-order chi connectivity index (χ0) is 20.5. The summed E-state index contributed by atoms with van der Waals surface area (Å²) in [5.74, 6) is 1.46. The van der Waals surface area contributed by atoms with Crippen molar-refractivity contribution in [3.05, 3.63) is 59.2 Å². The largest absolute Gasteiger partial charge is 0.454 e. The number of morpholine rings is 1. The Labute approximate surface area is 175 Å². The maximum absolute atomic E-state index is 13.2. The number of hydrogen-bond donors (Lipinski definition) is 0. The lowest BCUT2D eigenvalue weighted by molar-refractivity contribution is -0.135. The van der Waals surface area contributed by atoms with Crippen molar-refractivity contribution in [1.29, 1.82) is 0 Å². The molecule has 3 heterocycles. The van der Waals surface area contributed by atoms with Gasteiger partial charge in [0, 0.05) is 19.5 Å². The molecule has 0 saturated carbocycles. The van der Waals surface area contributed by atoms with E-state index in [0.29, 0.717) is 26.2 Å². The minimum absolute atomic E-state index is 0.00155. The topological polar surface area (TPSA) is 63.6 Å². The Bertz CT molecular complexity index is 967. The maximum atomic E-state index is 13.2. The van der Waals surface area contributed by atoms with Gasteiger partial charge in [0.2, 0.25) is 6.79 Å². The molecule has 0 bridgehead atoms. The van der Waals surface area contributed by atoms with E-state index in [4.69, 9.17) is 19.3 Å². The van der Waals surface area contributed by atoms with E-state index < -0.39 is 0 Å². The Morgan fingerprint density at radius 1 is 1.07 bits per heavy atom. The number of carbonyl (C=O) groups excluding carboxylic acids is 1. The number of hydrogen-bond acceptors (Lipinski definition) is 6. The van der Waals surface area contributed by atoms with Gasteiger partial charge in [0.15, 0.2) is 11.5 Å². The fraction of sp³-hybridized carbons (Fsp3) is 0.391. The zero-order valence-corrected chi connectivity index (χ0v) is 17.0. The average Bonchev–Trinajstić information content (AvgIpc) is 3.42. The molecule has 3 aliphatic heterocycles. The minimum Gasteiger partial charge on any atom is -0.454 e. The van der Waals surface area contributed by atoms with Crippen LogP contribution in [0.3, 0.4) is 0 Å². The number of benzene rings is 2. The van der Waals surface area contributed by atoms with Crippen molar-refractivity contribution < 1.29 is 19.0 Å². The van der Waals surface area contributed by atoms with E-state index in [2.05, 4.69) is 36.1 Å². The highest BCUT2D eigenvalue weighted by Gasteiger charge is 2.34. The second-order valence-electron chi connectivity index (χ2n) is 7.87. The van der Waals surface area contributed by atoms with Crippen LogP contribution in [0.4, 0.5) is 0 Å². The molecule has 0 radical (unpaired) electrons. The smallest absolute Gasteiger partial charge is 0.257 e. The van der Waals surface area contributed by atoms with Crippen LogP contribution in [0.1, 0.15) is 29.2 Å². The number of rotatable bonds is 4. The van der Waals surface area contributed by atoms with Crippen molar-refractivity contribution in [2.75, 3.05) is 39.6 Å². The van der Waals surface area contributed by atoms with Gasteiger partial charge >= 0.3 is 0 Å². The Hall–Kier alpha value is -2.90. The molecule has 7 nitrogen and oxygen atoms in total. The second kappa shape index (κ2) is 8.08. The highest BCUT2D eigenvalue weighted by molar-refractivity contribution is 6.03. The first kappa shape index (κ1) is 19.1. The van der Waals surface area contributed by atoms with Crippen molar-refractivity contribution in [1.82, 2.24) is 9.91 Å². The quantitative estimate of drug-likeness (QED) is 0.780. The Morgan fingerprint density at radius 3 is 2.63 bits per heavy atom. The van der Waals surface area contributed by atoms with Crippen molar-refractivity contribution in [3.8, 4) is 11.5 Å². The molecule has 2 aromatic carbocycles. The number of hydrazone groups is 1.